The van der Waals surface area contributed by atoms with Crippen LogP contribution in [0.4, 0.5) is 0 Å². The van der Waals surface area contributed by atoms with Crippen LogP contribution in [-0.2, 0) is 0 Å². The fourth-order valence-electron chi connectivity index (χ4n) is 1.18. The highest BCUT2D eigenvalue weighted by atomic mass is 15.5. The van der Waals surface area contributed by atoms with Crippen LogP contribution in [0.15, 0.2) is 5.10 Å². The van der Waals surface area contributed by atoms with E-state index in [0.717, 1.165) is 19.5 Å². The number of hydrogen-bond donors (Lipinski definition) is 1. The number of nitrogens with one attached hydrogen (secondary N) is 1. The van der Waals surface area contributed by atoms with Gasteiger partial charge in [-0.05, 0) is 13.5 Å². The third-order valence-electron chi connectivity index (χ3n) is 1.68. The van der Waals surface area contributed by atoms with E-state index in [0.29, 0.717) is 6.17 Å². The Kier molecular flexibility index (Phi) is 2.68. The monoisotopic (exact) mass is 141 g/mol. The molecule has 1 atom stereocenters. The van der Waals surface area contributed by atoms with Crippen LogP contribution in [0.1, 0.15) is 20.3 Å². The van der Waals surface area contributed by atoms with Crippen molar-refractivity contribution in [2.45, 2.75) is 26.4 Å². The summed E-state index contributed by atoms with van der Waals surface area (Å²) >= 11 is 0. The van der Waals surface area contributed by atoms with Crippen LogP contribution in [0.25, 0.3) is 0 Å². The van der Waals surface area contributed by atoms with E-state index in [9.17, 15) is 0 Å². The predicted octanol–water partition coefficient (Wildman–Crippen LogP) is 0.633. The zero-order valence-corrected chi connectivity index (χ0v) is 6.67. The highest BCUT2D eigenvalue weighted by molar-refractivity contribution is 5.59. The molecule has 3 nitrogen and oxygen atoms in total. The molecule has 1 N–H and O–H groups in total. The summed E-state index contributed by atoms with van der Waals surface area (Å²) in [5.74, 6) is 0. The minimum absolute atomic E-state index is 0.454. The van der Waals surface area contributed by atoms with Crippen molar-refractivity contribution in [2.24, 2.45) is 5.10 Å². The molecule has 0 saturated carbocycles. The van der Waals surface area contributed by atoms with E-state index >= 15 is 0 Å². The van der Waals surface area contributed by atoms with Crippen molar-refractivity contribution < 1.29 is 0 Å². The quantitative estimate of drug-likeness (QED) is 0.624. The molecule has 0 aliphatic carbocycles. The van der Waals surface area contributed by atoms with Crippen molar-refractivity contribution in [1.29, 1.82) is 0 Å². The lowest BCUT2D eigenvalue weighted by atomic mass is 10.3. The Morgan fingerprint density at radius 1 is 1.70 bits per heavy atom. The Hall–Kier alpha value is -0.570. The first-order chi connectivity index (χ1) is 4.88. The smallest absolute Gasteiger partial charge is 0.101 e. The standard InChI is InChI=1S/C7H15N3/c1-3-8-7-5-6-9-10(7)4-2/h6-8H,3-5H2,1-2H3. The molecular formula is C7H15N3. The molecule has 0 radical (unpaired) electrons. The lowest BCUT2D eigenvalue weighted by Crippen LogP contribution is -2.39. The summed E-state index contributed by atoms with van der Waals surface area (Å²) < 4.78 is 0. The fourth-order valence-corrected chi connectivity index (χ4v) is 1.18. The molecule has 3 heteroatoms. The average Bonchev–Trinajstić information content (AvgIpc) is 2.36. The van der Waals surface area contributed by atoms with Crippen LogP contribution >= 0.6 is 0 Å². The van der Waals surface area contributed by atoms with Gasteiger partial charge in [0.2, 0.25) is 0 Å². The predicted molar refractivity (Wildman–Crippen MR) is 43.0 cm³/mol. The molecule has 1 heterocycles. The maximum absolute atomic E-state index is 4.20. The van der Waals surface area contributed by atoms with Crippen molar-refractivity contribution >= 4 is 6.21 Å². The highest BCUT2D eigenvalue weighted by Crippen LogP contribution is 2.06. The molecule has 1 aliphatic heterocycles. The summed E-state index contributed by atoms with van der Waals surface area (Å²) in [6.45, 7) is 6.25. The molecule has 0 aromatic rings. The molecule has 1 aliphatic rings. The lowest BCUT2D eigenvalue weighted by Gasteiger charge is -2.22. The number of hydrazone groups is 1. The zero-order valence-electron chi connectivity index (χ0n) is 6.67. The van der Waals surface area contributed by atoms with E-state index in [1.165, 1.54) is 0 Å². The number of rotatable bonds is 3. The van der Waals surface area contributed by atoms with Gasteiger partial charge in [0.1, 0.15) is 6.17 Å². The minimum atomic E-state index is 0.454. The number of hydrogen-bond acceptors (Lipinski definition) is 3. The summed E-state index contributed by atoms with van der Waals surface area (Å²) in [6, 6.07) is 0. The van der Waals surface area contributed by atoms with Gasteiger partial charge in [0.05, 0.1) is 0 Å². The van der Waals surface area contributed by atoms with E-state index in [1.54, 1.807) is 0 Å². The molecule has 0 saturated heterocycles. The topological polar surface area (TPSA) is 27.6 Å². The van der Waals surface area contributed by atoms with Crippen LogP contribution in [0.5, 0.6) is 0 Å². The summed E-state index contributed by atoms with van der Waals surface area (Å²) in [5, 5.41) is 9.62. The van der Waals surface area contributed by atoms with Gasteiger partial charge < -0.3 is 0 Å². The van der Waals surface area contributed by atoms with Crippen molar-refractivity contribution in [3.8, 4) is 0 Å². The molecule has 0 fully saturated rings. The highest BCUT2D eigenvalue weighted by Gasteiger charge is 2.16. The molecule has 1 rings (SSSR count). The normalized spacial score (nSPS) is 24.2. The Morgan fingerprint density at radius 2 is 2.50 bits per heavy atom. The maximum atomic E-state index is 4.20. The van der Waals surface area contributed by atoms with Gasteiger partial charge in [0.25, 0.3) is 0 Å². The number of nitrogens with zero attached hydrogens (tertiary/aromatic N) is 2. The van der Waals surface area contributed by atoms with Crippen molar-refractivity contribution in [3.05, 3.63) is 0 Å². The van der Waals surface area contributed by atoms with Gasteiger partial charge in [-0.2, -0.15) is 5.10 Å². The third kappa shape index (κ3) is 1.48. The minimum Gasteiger partial charge on any atom is -0.296 e. The van der Waals surface area contributed by atoms with Crippen molar-refractivity contribution in [1.82, 2.24) is 10.3 Å². The Bertz CT molecular complexity index is 122. The first-order valence-electron chi connectivity index (χ1n) is 3.91. The molecule has 0 aromatic carbocycles. The third-order valence-corrected chi connectivity index (χ3v) is 1.68. The van der Waals surface area contributed by atoms with Gasteiger partial charge in [-0.25, -0.2) is 0 Å². The van der Waals surface area contributed by atoms with Crippen LogP contribution in [0.2, 0.25) is 0 Å². The van der Waals surface area contributed by atoms with E-state index in [4.69, 9.17) is 0 Å². The molecule has 0 aromatic heterocycles. The van der Waals surface area contributed by atoms with Crippen LogP contribution < -0.4 is 5.32 Å². The molecule has 10 heavy (non-hydrogen) atoms. The SMILES string of the molecule is CCNC1CC=NN1CC. The molecule has 0 spiro atoms. The summed E-state index contributed by atoms with van der Waals surface area (Å²) in [4.78, 5) is 0. The summed E-state index contributed by atoms with van der Waals surface area (Å²) in [6.07, 6.45) is 3.47. The van der Waals surface area contributed by atoms with E-state index in [2.05, 4.69) is 29.3 Å². The second-order valence-corrected chi connectivity index (χ2v) is 2.36. The van der Waals surface area contributed by atoms with Gasteiger partial charge in [0, 0.05) is 19.2 Å². The molecule has 58 valence electrons. The van der Waals surface area contributed by atoms with E-state index in [1.807, 2.05) is 6.21 Å². The van der Waals surface area contributed by atoms with Gasteiger partial charge in [-0.1, -0.05) is 6.92 Å². The molecule has 0 bridgehead atoms. The van der Waals surface area contributed by atoms with Crippen LogP contribution in [0.3, 0.4) is 0 Å². The first kappa shape index (κ1) is 7.54. The van der Waals surface area contributed by atoms with Gasteiger partial charge >= 0.3 is 0 Å². The van der Waals surface area contributed by atoms with Crippen LogP contribution in [0, 0.1) is 0 Å². The van der Waals surface area contributed by atoms with E-state index in [-0.39, 0.29) is 0 Å². The lowest BCUT2D eigenvalue weighted by molar-refractivity contribution is 0.209. The summed E-state index contributed by atoms with van der Waals surface area (Å²) in [5.41, 5.74) is 0. The Balaban J connectivity index is 2.32. The fraction of sp³-hybridized carbons (Fsp3) is 0.857. The average molecular weight is 141 g/mol. The molecule has 0 amide bonds. The zero-order chi connectivity index (χ0) is 7.40. The Labute approximate surface area is 62.1 Å². The van der Waals surface area contributed by atoms with Gasteiger partial charge in [-0.3, -0.25) is 10.3 Å². The van der Waals surface area contributed by atoms with Gasteiger partial charge in [-0.15, -0.1) is 0 Å². The van der Waals surface area contributed by atoms with Crippen LogP contribution in [-0.4, -0.2) is 30.5 Å². The first-order valence-corrected chi connectivity index (χ1v) is 3.91. The van der Waals surface area contributed by atoms with E-state index < -0.39 is 0 Å². The Morgan fingerprint density at radius 3 is 3.10 bits per heavy atom. The second-order valence-electron chi connectivity index (χ2n) is 2.36. The maximum Gasteiger partial charge on any atom is 0.101 e. The molecule has 1 unspecified atom stereocenters. The van der Waals surface area contributed by atoms with Gasteiger partial charge in [0.15, 0.2) is 0 Å². The molecular weight excluding hydrogens is 126 g/mol. The van der Waals surface area contributed by atoms with Crippen molar-refractivity contribution in [2.75, 3.05) is 13.1 Å². The second kappa shape index (κ2) is 3.56. The largest absolute Gasteiger partial charge is 0.296 e. The van der Waals surface area contributed by atoms with Crippen molar-refractivity contribution in [3.63, 3.8) is 0 Å². The summed E-state index contributed by atoms with van der Waals surface area (Å²) in [7, 11) is 0.